The van der Waals surface area contributed by atoms with Crippen LogP contribution in [0, 0.1) is 6.92 Å². The Hall–Kier alpha value is -2.01. The van der Waals surface area contributed by atoms with Crippen LogP contribution in [0.3, 0.4) is 0 Å². The van der Waals surface area contributed by atoms with Gasteiger partial charge in [0.15, 0.2) is 0 Å². The minimum atomic E-state index is -0.356. The Labute approximate surface area is 121 Å². The lowest BCUT2D eigenvalue weighted by atomic mass is 10.00. The van der Waals surface area contributed by atoms with Crippen molar-refractivity contribution in [3.8, 4) is 22.6 Å². The van der Waals surface area contributed by atoms with Crippen LogP contribution >= 0.6 is 11.3 Å². The van der Waals surface area contributed by atoms with Crippen LogP contribution in [0.1, 0.15) is 15.2 Å². The smallest absolute Gasteiger partial charge is 0.348 e. The van der Waals surface area contributed by atoms with Gasteiger partial charge in [0, 0.05) is 5.56 Å². The minimum absolute atomic E-state index is 0.356. The highest BCUT2D eigenvalue weighted by molar-refractivity contribution is 7.12. The van der Waals surface area contributed by atoms with Crippen molar-refractivity contribution in [1.82, 2.24) is 0 Å². The molecule has 0 amide bonds. The lowest BCUT2D eigenvalue weighted by Gasteiger charge is -2.14. The standard InChI is InChI=1S/C15H16O4S/c1-9-8-20-14(15(16)19-4)12(9)13-10(17-2)6-5-7-11(13)18-3/h5-8H,1-4H3. The van der Waals surface area contributed by atoms with E-state index in [0.29, 0.717) is 16.4 Å². The van der Waals surface area contributed by atoms with Crippen LogP contribution in [0.25, 0.3) is 11.1 Å². The van der Waals surface area contributed by atoms with Crippen molar-refractivity contribution >= 4 is 17.3 Å². The predicted octanol–water partition coefficient (Wildman–Crippen LogP) is 3.53. The fraction of sp³-hybridized carbons (Fsp3) is 0.267. The molecular formula is C15H16O4S. The first-order valence-electron chi connectivity index (χ1n) is 6.01. The van der Waals surface area contributed by atoms with Gasteiger partial charge in [0.2, 0.25) is 0 Å². The van der Waals surface area contributed by atoms with Gasteiger partial charge >= 0.3 is 5.97 Å². The third kappa shape index (κ3) is 2.36. The monoisotopic (exact) mass is 292 g/mol. The van der Waals surface area contributed by atoms with Crippen molar-refractivity contribution in [3.63, 3.8) is 0 Å². The molecule has 0 fully saturated rings. The predicted molar refractivity (Wildman–Crippen MR) is 78.9 cm³/mol. The first-order valence-corrected chi connectivity index (χ1v) is 6.89. The van der Waals surface area contributed by atoms with Gasteiger partial charge in [0.05, 0.1) is 26.9 Å². The lowest BCUT2D eigenvalue weighted by molar-refractivity contribution is 0.0607. The molecule has 2 rings (SSSR count). The molecule has 0 radical (unpaired) electrons. The van der Waals surface area contributed by atoms with Crippen LogP contribution in [0.5, 0.6) is 11.5 Å². The molecular weight excluding hydrogens is 276 g/mol. The first-order chi connectivity index (χ1) is 9.63. The largest absolute Gasteiger partial charge is 0.496 e. The summed E-state index contributed by atoms with van der Waals surface area (Å²) >= 11 is 1.36. The number of carbonyl (C=O) groups excluding carboxylic acids is 1. The third-order valence-electron chi connectivity index (χ3n) is 3.02. The average Bonchev–Trinajstić information content (AvgIpc) is 2.86. The van der Waals surface area contributed by atoms with Gasteiger partial charge in [-0.2, -0.15) is 0 Å². The van der Waals surface area contributed by atoms with Gasteiger partial charge in [-0.15, -0.1) is 11.3 Å². The van der Waals surface area contributed by atoms with Gasteiger partial charge in [0.1, 0.15) is 16.4 Å². The Kier molecular flexibility index (Phi) is 4.29. The lowest BCUT2D eigenvalue weighted by Crippen LogP contribution is -2.02. The van der Waals surface area contributed by atoms with Crippen molar-refractivity contribution < 1.29 is 19.0 Å². The summed E-state index contributed by atoms with van der Waals surface area (Å²) in [6, 6.07) is 5.53. The quantitative estimate of drug-likeness (QED) is 0.809. The zero-order chi connectivity index (χ0) is 14.7. The van der Waals surface area contributed by atoms with E-state index in [1.807, 2.05) is 30.5 Å². The van der Waals surface area contributed by atoms with Gasteiger partial charge in [-0.05, 0) is 30.0 Å². The van der Waals surface area contributed by atoms with Crippen molar-refractivity contribution in [2.24, 2.45) is 0 Å². The highest BCUT2D eigenvalue weighted by Crippen LogP contribution is 2.43. The van der Waals surface area contributed by atoms with E-state index >= 15 is 0 Å². The second kappa shape index (κ2) is 5.96. The van der Waals surface area contributed by atoms with Crippen LogP contribution in [0.2, 0.25) is 0 Å². The first kappa shape index (κ1) is 14.4. The summed E-state index contributed by atoms with van der Waals surface area (Å²) in [5.41, 5.74) is 2.56. The van der Waals surface area contributed by atoms with E-state index in [1.54, 1.807) is 14.2 Å². The van der Waals surface area contributed by atoms with E-state index in [4.69, 9.17) is 14.2 Å². The van der Waals surface area contributed by atoms with Gasteiger partial charge in [-0.1, -0.05) is 6.07 Å². The Balaban J connectivity index is 2.74. The van der Waals surface area contributed by atoms with E-state index in [2.05, 4.69) is 0 Å². The molecule has 0 saturated heterocycles. The number of hydrogen-bond donors (Lipinski definition) is 0. The van der Waals surface area contributed by atoms with Gasteiger partial charge in [-0.25, -0.2) is 4.79 Å². The number of methoxy groups -OCH3 is 3. The molecule has 1 aromatic carbocycles. The highest BCUT2D eigenvalue weighted by Gasteiger charge is 2.23. The topological polar surface area (TPSA) is 44.8 Å². The molecule has 20 heavy (non-hydrogen) atoms. The molecule has 0 aliphatic rings. The van der Waals surface area contributed by atoms with Crippen molar-refractivity contribution in [3.05, 3.63) is 34.0 Å². The fourth-order valence-electron chi connectivity index (χ4n) is 2.10. The Morgan fingerprint density at radius 1 is 1.05 bits per heavy atom. The molecule has 0 aliphatic carbocycles. The number of thiophene rings is 1. The molecule has 5 heteroatoms. The third-order valence-corrected chi connectivity index (χ3v) is 4.10. The summed E-state index contributed by atoms with van der Waals surface area (Å²) < 4.78 is 15.7. The fourth-order valence-corrected chi connectivity index (χ4v) is 3.07. The van der Waals surface area contributed by atoms with Crippen molar-refractivity contribution in [2.75, 3.05) is 21.3 Å². The van der Waals surface area contributed by atoms with Crippen molar-refractivity contribution in [2.45, 2.75) is 6.92 Å². The second-order valence-corrected chi connectivity index (χ2v) is 5.03. The summed E-state index contributed by atoms with van der Waals surface area (Å²) in [6.07, 6.45) is 0. The van der Waals surface area contributed by atoms with E-state index in [1.165, 1.54) is 18.4 Å². The number of rotatable bonds is 4. The maximum atomic E-state index is 11.9. The Morgan fingerprint density at radius 3 is 2.15 bits per heavy atom. The molecule has 2 aromatic rings. The molecule has 0 N–H and O–H groups in total. The van der Waals surface area contributed by atoms with E-state index in [-0.39, 0.29) is 5.97 Å². The molecule has 106 valence electrons. The second-order valence-electron chi connectivity index (χ2n) is 4.15. The minimum Gasteiger partial charge on any atom is -0.496 e. The number of benzene rings is 1. The SMILES string of the molecule is COC(=O)c1scc(C)c1-c1c(OC)cccc1OC. The number of hydrogen-bond acceptors (Lipinski definition) is 5. The molecule has 0 spiro atoms. The van der Waals surface area contributed by atoms with Crippen LogP contribution in [0.15, 0.2) is 23.6 Å². The number of aryl methyl sites for hydroxylation is 1. The molecule has 0 bridgehead atoms. The summed E-state index contributed by atoms with van der Waals surface area (Å²) in [6.45, 7) is 1.95. The Morgan fingerprint density at radius 2 is 1.65 bits per heavy atom. The molecule has 0 atom stereocenters. The zero-order valence-corrected chi connectivity index (χ0v) is 12.7. The molecule has 1 heterocycles. The number of carbonyl (C=O) groups is 1. The maximum Gasteiger partial charge on any atom is 0.348 e. The van der Waals surface area contributed by atoms with Crippen LogP contribution in [0.4, 0.5) is 0 Å². The summed E-state index contributed by atoms with van der Waals surface area (Å²) in [4.78, 5) is 12.5. The molecule has 0 saturated carbocycles. The summed E-state index contributed by atoms with van der Waals surface area (Å²) in [7, 11) is 4.57. The molecule has 0 aliphatic heterocycles. The van der Waals surface area contributed by atoms with Gasteiger partial charge < -0.3 is 14.2 Å². The van der Waals surface area contributed by atoms with Crippen LogP contribution in [-0.2, 0) is 4.74 Å². The number of esters is 1. The van der Waals surface area contributed by atoms with Gasteiger partial charge in [0.25, 0.3) is 0 Å². The van der Waals surface area contributed by atoms with Gasteiger partial charge in [-0.3, -0.25) is 0 Å². The number of ether oxygens (including phenoxy) is 3. The van der Waals surface area contributed by atoms with Crippen LogP contribution < -0.4 is 9.47 Å². The average molecular weight is 292 g/mol. The summed E-state index contributed by atoms with van der Waals surface area (Å²) in [5, 5.41) is 1.92. The molecule has 0 unspecified atom stereocenters. The zero-order valence-electron chi connectivity index (χ0n) is 11.9. The molecule has 4 nitrogen and oxygen atoms in total. The van der Waals surface area contributed by atoms with Crippen LogP contribution in [-0.4, -0.2) is 27.3 Å². The van der Waals surface area contributed by atoms with Crippen molar-refractivity contribution in [1.29, 1.82) is 0 Å². The van der Waals surface area contributed by atoms with E-state index < -0.39 is 0 Å². The molecule has 1 aromatic heterocycles. The van der Waals surface area contributed by atoms with E-state index in [0.717, 1.165) is 16.7 Å². The Bertz CT molecular complexity index is 609. The normalized spacial score (nSPS) is 10.2. The summed E-state index contributed by atoms with van der Waals surface area (Å²) in [5.74, 6) is 0.970. The van der Waals surface area contributed by atoms with E-state index in [9.17, 15) is 4.79 Å². The maximum absolute atomic E-state index is 11.9. The highest BCUT2D eigenvalue weighted by atomic mass is 32.1.